The van der Waals surface area contributed by atoms with Crippen molar-refractivity contribution in [1.82, 2.24) is 15.1 Å². The molecule has 2 rings (SSSR count). The molecule has 0 saturated carbocycles. The Morgan fingerprint density at radius 2 is 2.17 bits per heavy atom. The molecule has 0 bridgehead atoms. The predicted octanol–water partition coefficient (Wildman–Crippen LogP) is 1.73. The second kappa shape index (κ2) is 5.10. The van der Waals surface area contributed by atoms with Gasteiger partial charge in [-0.1, -0.05) is 12.1 Å². The number of nitrogens with two attached hydrogens (primary N) is 1. The molecular weight excluding hydrogens is 228 g/mol. The summed E-state index contributed by atoms with van der Waals surface area (Å²) < 4.78 is 5.23. The molecule has 0 amide bonds. The normalized spacial score (nSPS) is 10.9. The van der Waals surface area contributed by atoms with E-state index in [0.29, 0.717) is 5.82 Å². The van der Waals surface area contributed by atoms with Gasteiger partial charge in [-0.15, -0.1) is 0 Å². The van der Waals surface area contributed by atoms with Gasteiger partial charge in [0.1, 0.15) is 5.75 Å². The molecular formula is C13H18N4O. The molecule has 0 aliphatic rings. The van der Waals surface area contributed by atoms with Gasteiger partial charge in [0.2, 0.25) is 0 Å². The first-order chi connectivity index (χ1) is 8.61. The van der Waals surface area contributed by atoms with Crippen molar-refractivity contribution in [3.05, 3.63) is 30.0 Å². The molecule has 0 atom stereocenters. The summed E-state index contributed by atoms with van der Waals surface area (Å²) in [5.74, 6) is 1.32. The van der Waals surface area contributed by atoms with E-state index in [-0.39, 0.29) is 0 Å². The molecule has 0 unspecified atom stereocenters. The summed E-state index contributed by atoms with van der Waals surface area (Å²) in [6.07, 6.45) is 0. The molecule has 5 nitrogen and oxygen atoms in total. The van der Waals surface area contributed by atoms with Crippen LogP contribution >= 0.6 is 0 Å². The van der Waals surface area contributed by atoms with E-state index in [2.05, 4.69) is 15.1 Å². The number of ether oxygens (including phenoxy) is 1. The molecule has 1 aromatic carbocycles. The first-order valence-electron chi connectivity index (χ1n) is 5.73. The molecule has 18 heavy (non-hydrogen) atoms. The number of benzene rings is 1. The van der Waals surface area contributed by atoms with Crippen LogP contribution in [0.15, 0.2) is 24.3 Å². The number of aromatic amines is 1. The van der Waals surface area contributed by atoms with Crippen LogP contribution in [0.1, 0.15) is 5.69 Å². The van der Waals surface area contributed by atoms with E-state index in [1.807, 2.05) is 38.4 Å². The summed E-state index contributed by atoms with van der Waals surface area (Å²) in [6.45, 7) is 0.761. The van der Waals surface area contributed by atoms with Gasteiger partial charge in [-0.25, -0.2) is 0 Å². The molecule has 0 aliphatic heterocycles. The van der Waals surface area contributed by atoms with E-state index in [1.54, 1.807) is 7.11 Å². The highest BCUT2D eigenvalue weighted by molar-refractivity contribution is 5.77. The Labute approximate surface area is 107 Å². The number of nitrogens with one attached hydrogen (secondary N) is 1. The van der Waals surface area contributed by atoms with E-state index < -0.39 is 0 Å². The third kappa shape index (κ3) is 2.46. The van der Waals surface area contributed by atoms with Crippen LogP contribution < -0.4 is 10.5 Å². The number of H-pyrrole nitrogens is 1. The maximum Gasteiger partial charge on any atom is 0.153 e. The lowest BCUT2D eigenvalue weighted by Gasteiger charge is -2.10. The molecule has 0 radical (unpaired) electrons. The number of aromatic nitrogens is 2. The minimum atomic E-state index is 0.514. The lowest BCUT2D eigenvalue weighted by Crippen LogP contribution is -2.11. The van der Waals surface area contributed by atoms with Crippen molar-refractivity contribution in [2.24, 2.45) is 0 Å². The Bertz CT molecular complexity index is 534. The van der Waals surface area contributed by atoms with Crippen molar-refractivity contribution in [2.75, 3.05) is 26.9 Å². The second-order valence-electron chi connectivity index (χ2n) is 4.43. The van der Waals surface area contributed by atoms with Crippen molar-refractivity contribution in [1.29, 1.82) is 0 Å². The number of nitrogens with zero attached hydrogens (tertiary/aromatic N) is 2. The zero-order valence-corrected chi connectivity index (χ0v) is 10.9. The van der Waals surface area contributed by atoms with Crippen LogP contribution in [-0.4, -0.2) is 36.3 Å². The molecule has 2 aromatic rings. The van der Waals surface area contributed by atoms with Crippen molar-refractivity contribution >= 4 is 5.82 Å². The highest BCUT2D eigenvalue weighted by Crippen LogP contribution is 2.30. The summed E-state index contributed by atoms with van der Waals surface area (Å²) >= 11 is 0. The Kier molecular flexibility index (Phi) is 3.53. The van der Waals surface area contributed by atoms with E-state index in [0.717, 1.165) is 29.1 Å². The highest BCUT2D eigenvalue weighted by atomic mass is 16.5. The summed E-state index contributed by atoms with van der Waals surface area (Å²) in [4.78, 5) is 2.07. The van der Waals surface area contributed by atoms with Crippen LogP contribution in [0.3, 0.4) is 0 Å². The van der Waals surface area contributed by atoms with Crippen LogP contribution in [0.5, 0.6) is 5.75 Å². The number of methoxy groups -OCH3 is 1. The fourth-order valence-corrected chi connectivity index (χ4v) is 1.93. The van der Waals surface area contributed by atoms with Gasteiger partial charge in [0.15, 0.2) is 5.82 Å². The lowest BCUT2D eigenvalue weighted by molar-refractivity contribution is 0.397. The van der Waals surface area contributed by atoms with Crippen molar-refractivity contribution in [2.45, 2.75) is 6.54 Å². The molecule has 1 heterocycles. The number of hydrogen-bond acceptors (Lipinski definition) is 4. The second-order valence-corrected chi connectivity index (χ2v) is 4.43. The Morgan fingerprint density at radius 3 is 2.83 bits per heavy atom. The number of nitrogen functional groups attached to an aromatic ring is 1. The number of hydrogen-bond donors (Lipinski definition) is 2. The average molecular weight is 246 g/mol. The van der Waals surface area contributed by atoms with Gasteiger partial charge in [-0.3, -0.25) is 5.10 Å². The van der Waals surface area contributed by atoms with Crippen molar-refractivity contribution in [3.63, 3.8) is 0 Å². The van der Waals surface area contributed by atoms with Gasteiger partial charge in [0.05, 0.1) is 12.8 Å². The first kappa shape index (κ1) is 12.4. The molecule has 0 spiro atoms. The SMILES string of the molecule is COc1cccc(-c2c(N)n[nH]c2CN(C)C)c1. The van der Waals surface area contributed by atoms with Crippen LogP contribution in [0.2, 0.25) is 0 Å². The summed E-state index contributed by atoms with van der Waals surface area (Å²) in [6, 6.07) is 7.81. The Balaban J connectivity index is 2.45. The molecule has 0 fully saturated rings. The van der Waals surface area contributed by atoms with Gasteiger partial charge in [-0.2, -0.15) is 5.10 Å². The molecule has 0 saturated heterocycles. The lowest BCUT2D eigenvalue weighted by atomic mass is 10.0. The van der Waals surface area contributed by atoms with E-state index in [1.165, 1.54) is 0 Å². The standard InChI is InChI=1S/C13H18N4O/c1-17(2)8-11-12(13(14)16-15-11)9-5-4-6-10(7-9)18-3/h4-7H,8H2,1-3H3,(H3,14,15,16). The Morgan fingerprint density at radius 1 is 1.39 bits per heavy atom. The van der Waals surface area contributed by atoms with Crippen LogP contribution in [0.25, 0.3) is 11.1 Å². The fraction of sp³-hybridized carbons (Fsp3) is 0.308. The fourth-order valence-electron chi connectivity index (χ4n) is 1.93. The van der Waals surface area contributed by atoms with E-state index in [4.69, 9.17) is 10.5 Å². The topological polar surface area (TPSA) is 67.2 Å². The average Bonchev–Trinajstić information content (AvgIpc) is 2.70. The van der Waals surface area contributed by atoms with Crippen molar-refractivity contribution in [3.8, 4) is 16.9 Å². The monoisotopic (exact) mass is 246 g/mol. The summed E-state index contributed by atoms with van der Waals surface area (Å²) in [7, 11) is 5.66. The Hall–Kier alpha value is -2.01. The van der Waals surface area contributed by atoms with Crippen LogP contribution in [0, 0.1) is 0 Å². The third-order valence-corrected chi connectivity index (χ3v) is 2.70. The number of anilines is 1. The minimum Gasteiger partial charge on any atom is -0.497 e. The predicted molar refractivity (Wildman–Crippen MR) is 72.4 cm³/mol. The summed E-state index contributed by atoms with van der Waals surface area (Å²) in [5.41, 5.74) is 8.90. The molecule has 3 N–H and O–H groups in total. The van der Waals surface area contributed by atoms with E-state index in [9.17, 15) is 0 Å². The quantitative estimate of drug-likeness (QED) is 0.862. The van der Waals surface area contributed by atoms with Gasteiger partial charge < -0.3 is 15.4 Å². The van der Waals surface area contributed by atoms with Crippen molar-refractivity contribution < 1.29 is 4.74 Å². The zero-order valence-electron chi connectivity index (χ0n) is 10.9. The van der Waals surface area contributed by atoms with Gasteiger partial charge >= 0.3 is 0 Å². The molecule has 96 valence electrons. The maximum absolute atomic E-state index is 5.94. The molecule has 5 heteroatoms. The minimum absolute atomic E-state index is 0.514. The van der Waals surface area contributed by atoms with Gasteiger partial charge in [0.25, 0.3) is 0 Å². The van der Waals surface area contributed by atoms with E-state index >= 15 is 0 Å². The molecule has 0 aliphatic carbocycles. The third-order valence-electron chi connectivity index (χ3n) is 2.70. The molecule has 1 aromatic heterocycles. The van der Waals surface area contributed by atoms with Gasteiger partial charge in [0, 0.05) is 12.1 Å². The largest absolute Gasteiger partial charge is 0.497 e. The number of rotatable bonds is 4. The zero-order chi connectivity index (χ0) is 13.1. The van der Waals surface area contributed by atoms with Gasteiger partial charge in [-0.05, 0) is 31.8 Å². The maximum atomic E-state index is 5.94. The summed E-state index contributed by atoms with van der Waals surface area (Å²) in [5, 5.41) is 7.07. The highest BCUT2D eigenvalue weighted by Gasteiger charge is 2.14. The van der Waals surface area contributed by atoms with Crippen LogP contribution in [-0.2, 0) is 6.54 Å². The van der Waals surface area contributed by atoms with Crippen LogP contribution in [0.4, 0.5) is 5.82 Å². The first-order valence-corrected chi connectivity index (χ1v) is 5.73. The smallest absolute Gasteiger partial charge is 0.153 e.